The smallest absolute Gasteiger partial charge is 0.457 e. The minimum absolute atomic E-state index is 0.0875. The highest BCUT2D eigenvalue weighted by Crippen LogP contribution is 2.43. The molecule has 0 aliphatic rings. The van der Waals surface area contributed by atoms with Crippen molar-refractivity contribution in [1.82, 2.24) is 0 Å². The molecule has 0 aromatic rings. The molecule has 0 amide bonds. The van der Waals surface area contributed by atoms with E-state index in [1.54, 1.807) is 0 Å². The standard InChI is InChI=1S/C62H116NO7P/c1-6-8-10-12-14-16-18-20-22-24-26-28-30-31-32-34-36-38-40-42-44-46-48-50-52-54-57-67-59-61(60-69-71(65,66)68-58-56-63(3,4)5)70-62(64)55-53-51-49-47-45-43-41-39-37-35-33-29-27-25-23-21-19-17-15-13-11-9-7-2/h8,10,14,16,20,22,26,28,31-32,61H,6-7,9,11-13,15,17-19,21,23-25,27,29-30,33-60H2,1-5H3/p+1/b10-8-,16-14-,22-20-,28-26-,32-31-. The van der Waals surface area contributed by atoms with E-state index < -0.39 is 13.9 Å². The van der Waals surface area contributed by atoms with Gasteiger partial charge in [0.2, 0.25) is 0 Å². The first-order valence-electron chi connectivity index (χ1n) is 30.0. The lowest BCUT2D eigenvalue weighted by atomic mass is 10.0. The fourth-order valence-electron chi connectivity index (χ4n) is 8.52. The van der Waals surface area contributed by atoms with Crippen molar-refractivity contribution >= 4 is 13.8 Å². The number of quaternary nitrogens is 1. The topological polar surface area (TPSA) is 91.3 Å². The van der Waals surface area contributed by atoms with Crippen molar-refractivity contribution in [3.63, 3.8) is 0 Å². The molecule has 416 valence electrons. The summed E-state index contributed by atoms with van der Waals surface area (Å²) in [5, 5.41) is 0. The van der Waals surface area contributed by atoms with Gasteiger partial charge in [-0.25, -0.2) is 4.57 Å². The Kier molecular flexibility index (Phi) is 53.1. The molecule has 8 nitrogen and oxygen atoms in total. The van der Waals surface area contributed by atoms with Gasteiger partial charge in [0.15, 0.2) is 0 Å². The van der Waals surface area contributed by atoms with Crippen LogP contribution >= 0.6 is 7.82 Å². The number of likely N-dealkylation sites (N-methyl/N-ethyl adjacent to an activating group) is 1. The van der Waals surface area contributed by atoms with Crippen molar-refractivity contribution in [2.75, 3.05) is 54.1 Å². The van der Waals surface area contributed by atoms with Crippen LogP contribution in [-0.2, 0) is 27.9 Å². The van der Waals surface area contributed by atoms with Gasteiger partial charge in [-0.05, 0) is 57.8 Å². The SMILES string of the molecule is CC/C=C\C/C=C\C/C=C\C/C=C\C/C=C\CCCCCCCCCCCCOCC(COP(=O)(O)OCC[N+](C)(C)C)OC(=O)CCCCCCCCCCCCCCCCCCCCCCCCC. The predicted octanol–water partition coefficient (Wildman–Crippen LogP) is 19.2. The van der Waals surface area contributed by atoms with E-state index in [-0.39, 0.29) is 25.8 Å². The van der Waals surface area contributed by atoms with Crippen molar-refractivity contribution in [2.45, 2.75) is 277 Å². The third-order valence-corrected chi connectivity index (χ3v) is 14.1. The van der Waals surface area contributed by atoms with Crippen molar-refractivity contribution < 1.29 is 37.3 Å². The van der Waals surface area contributed by atoms with Gasteiger partial charge >= 0.3 is 13.8 Å². The largest absolute Gasteiger partial charge is 0.472 e. The van der Waals surface area contributed by atoms with Crippen LogP contribution in [0, 0.1) is 0 Å². The molecule has 0 aromatic carbocycles. The molecule has 0 heterocycles. The van der Waals surface area contributed by atoms with Crippen LogP contribution in [0.1, 0.15) is 271 Å². The fourth-order valence-corrected chi connectivity index (χ4v) is 9.27. The lowest BCUT2D eigenvalue weighted by Crippen LogP contribution is -2.37. The van der Waals surface area contributed by atoms with Gasteiger partial charge in [-0.2, -0.15) is 0 Å². The number of unbranched alkanes of at least 4 members (excludes halogenated alkanes) is 32. The molecule has 0 radical (unpaired) electrons. The van der Waals surface area contributed by atoms with Crippen molar-refractivity contribution in [3.05, 3.63) is 60.8 Å². The number of hydrogen-bond acceptors (Lipinski definition) is 6. The maximum Gasteiger partial charge on any atom is 0.472 e. The first-order valence-corrected chi connectivity index (χ1v) is 31.5. The normalized spacial score (nSPS) is 13.8. The molecule has 0 aromatic heterocycles. The third-order valence-electron chi connectivity index (χ3n) is 13.1. The van der Waals surface area contributed by atoms with Gasteiger partial charge in [-0.15, -0.1) is 0 Å². The van der Waals surface area contributed by atoms with Crippen LogP contribution in [-0.4, -0.2) is 75.6 Å². The number of carbonyl (C=O) groups excluding carboxylic acids is 1. The summed E-state index contributed by atoms with van der Waals surface area (Å²) in [5.41, 5.74) is 0. The number of phosphoric ester groups is 1. The summed E-state index contributed by atoms with van der Waals surface area (Å²) in [6, 6.07) is 0. The highest BCUT2D eigenvalue weighted by Gasteiger charge is 2.26. The Balaban J connectivity index is 4.05. The van der Waals surface area contributed by atoms with Gasteiger partial charge in [0.05, 0.1) is 34.4 Å². The summed E-state index contributed by atoms with van der Waals surface area (Å²) < 4.78 is 35.3. The van der Waals surface area contributed by atoms with Crippen LogP contribution in [0.4, 0.5) is 0 Å². The second kappa shape index (κ2) is 54.5. The quantitative estimate of drug-likeness (QED) is 0.0213. The predicted molar refractivity (Wildman–Crippen MR) is 307 cm³/mol. The second-order valence-corrected chi connectivity index (χ2v) is 22.8. The summed E-state index contributed by atoms with van der Waals surface area (Å²) in [6.07, 6.45) is 71.5. The number of carbonyl (C=O) groups is 1. The van der Waals surface area contributed by atoms with Crippen LogP contribution < -0.4 is 0 Å². The first-order chi connectivity index (χ1) is 34.6. The second-order valence-electron chi connectivity index (χ2n) is 21.4. The lowest BCUT2D eigenvalue weighted by Gasteiger charge is -2.24. The molecule has 0 aliphatic carbocycles. The van der Waals surface area contributed by atoms with Crippen molar-refractivity contribution in [2.24, 2.45) is 0 Å². The molecule has 0 saturated carbocycles. The van der Waals surface area contributed by atoms with Crippen LogP contribution in [0.15, 0.2) is 60.8 Å². The molecule has 0 saturated heterocycles. The van der Waals surface area contributed by atoms with E-state index >= 15 is 0 Å². The molecular formula is C62H117NO7P+. The van der Waals surface area contributed by atoms with Crippen molar-refractivity contribution in [1.29, 1.82) is 0 Å². The number of nitrogens with zero attached hydrogens (tertiary/aromatic N) is 1. The number of ether oxygens (including phenoxy) is 2. The first kappa shape index (κ1) is 69.2. The Morgan fingerprint density at radius 2 is 0.817 bits per heavy atom. The zero-order valence-corrected chi connectivity index (χ0v) is 48.4. The summed E-state index contributed by atoms with van der Waals surface area (Å²) in [5.74, 6) is -0.310. The number of phosphoric acid groups is 1. The van der Waals surface area contributed by atoms with Crippen molar-refractivity contribution in [3.8, 4) is 0 Å². The van der Waals surface area contributed by atoms with E-state index in [2.05, 4.69) is 74.6 Å². The molecular weight excluding hydrogens is 902 g/mol. The summed E-state index contributed by atoms with van der Waals surface area (Å²) in [6.45, 7) is 5.55. The maximum atomic E-state index is 12.8. The van der Waals surface area contributed by atoms with Crippen LogP contribution in [0.5, 0.6) is 0 Å². The van der Waals surface area contributed by atoms with Gasteiger partial charge < -0.3 is 18.9 Å². The van der Waals surface area contributed by atoms with E-state index in [1.165, 1.54) is 186 Å². The van der Waals surface area contributed by atoms with Gasteiger partial charge in [-0.1, -0.05) is 267 Å². The van der Waals surface area contributed by atoms with E-state index in [1.807, 2.05) is 21.1 Å². The Bertz CT molecular complexity index is 1320. The number of hydrogen-bond donors (Lipinski definition) is 1. The number of allylic oxidation sites excluding steroid dienone is 10. The van der Waals surface area contributed by atoms with Crippen LogP contribution in [0.2, 0.25) is 0 Å². The Labute approximate surface area is 440 Å². The molecule has 0 aliphatic heterocycles. The molecule has 0 bridgehead atoms. The van der Waals surface area contributed by atoms with Gasteiger partial charge in [0, 0.05) is 13.0 Å². The molecule has 0 rings (SSSR count). The summed E-state index contributed by atoms with van der Waals surface area (Å²) in [4.78, 5) is 23.1. The van der Waals surface area contributed by atoms with Gasteiger partial charge in [0.1, 0.15) is 19.3 Å². The minimum Gasteiger partial charge on any atom is -0.457 e. The number of rotatable bonds is 56. The molecule has 9 heteroatoms. The zero-order valence-electron chi connectivity index (χ0n) is 47.5. The average molecular weight is 1020 g/mol. The minimum atomic E-state index is -4.29. The average Bonchev–Trinajstić information content (AvgIpc) is 3.33. The molecule has 2 atom stereocenters. The molecule has 71 heavy (non-hydrogen) atoms. The van der Waals surface area contributed by atoms with E-state index in [4.69, 9.17) is 18.5 Å². The van der Waals surface area contributed by atoms with E-state index in [0.717, 1.165) is 64.2 Å². The van der Waals surface area contributed by atoms with Crippen LogP contribution in [0.25, 0.3) is 0 Å². The van der Waals surface area contributed by atoms with Gasteiger partial charge in [-0.3, -0.25) is 13.8 Å². The summed E-state index contributed by atoms with van der Waals surface area (Å²) >= 11 is 0. The molecule has 1 N–H and O–H groups in total. The Morgan fingerprint density at radius 3 is 1.23 bits per heavy atom. The summed E-state index contributed by atoms with van der Waals surface area (Å²) in [7, 11) is 1.67. The lowest BCUT2D eigenvalue weighted by molar-refractivity contribution is -0.870. The van der Waals surface area contributed by atoms with Crippen LogP contribution in [0.3, 0.4) is 0 Å². The third kappa shape index (κ3) is 59.0. The maximum absolute atomic E-state index is 12.8. The fraction of sp³-hybridized carbons (Fsp3) is 0.823. The number of esters is 1. The molecule has 0 fully saturated rings. The Hall–Kier alpha value is -1.80. The Morgan fingerprint density at radius 1 is 0.451 bits per heavy atom. The van der Waals surface area contributed by atoms with Gasteiger partial charge in [0.25, 0.3) is 0 Å². The molecule has 2 unspecified atom stereocenters. The van der Waals surface area contributed by atoms with E-state index in [0.29, 0.717) is 24.1 Å². The highest BCUT2D eigenvalue weighted by atomic mass is 31.2. The van der Waals surface area contributed by atoms with E-state index in [9.17, 15) is 14.3 Å². The zero-order chi connectivity index (χ0) is 51.9. The monoisotopic (exact) mass is 1020 g/mol. The highest BCUT2D eigenvalue weighted by molar-refractivity contribution is 7.47. The molecule has 0 spiro atoms.